The van der Waals surface area contributed by atoms with Gasteiger partial charge >= 0.3 is 0 Å². The van der Waals surface area contributed by atoms with Crippen molar-refractivity contribution in [1.82, 2.24) is 10.4 Å². The summed E-state index contributed by atoms with van der Waals surface area (Å²) in [5.74, 6) is 0.833. The van der Waals surface area contributed by atoms with Crippen LogP contribution in [0.1, 0.15) is 32.6 Å². The monoisotopic (exact) mass is 255 g/mol. The Labute approximate surface area is 109 Å². The molecule has 1 aliphatic heterocycles. The molecule has 3 N–H and O–H groups in total. The Hall–Kier alpha value is -0.650. The summed E-state index contributed by atoms with van der Waals surface area (Å²) in [6.07, 6.45) is 4.04. The standard InChI is InChI=1S/C13H25N3O2/c1-11-2-4-13(10-14,5-3-11)12(17)15-16-6-8-18-9-7-16/h11H,2-10,14H2,1H3,(H,15,17). The second-order valence-corrected chi connectivity index (χ2v) is 5.71. The Kier molecular flexibility index (Phi) is 4.59. The molecule has 0 spiro atoms. The highest BCUT2D eigenvalue weighted by atomic mass is 16.5. The smallest absolute Gasteiger partial charge is 0.241 e. The van der Waals surface area contributed by atoms with E-state index in [1.54, 1.807) is 0 Å². The van der Waals surface area contributed by atoms with Gasteiger partial charge in [-0.15, -0.1) is 0 Å². The van der Waals surface area contributed by atoms with Crippen LogP contribution in [0.4, 0.5) is 0 Å². The minimum Gasteiger partial charge on any atom is -0.379 e. The van der Waals surface area contributed by atoms with Gasteiger partial charge in [-0.25, -0.2) is 5.01 Å². The number of rotatable bonds is 3. The van der Waals surface area contributed by atoms with E-state index in [0.717, 1.165) is 44.7 Å². The molecular formula is C13H25N3O2. The molecule has 5 heteroatoms. The Morgan fingerprint density at radius 3 is 2.56 bits per heavy atom. The van der Waals surface area contributed by atoms with Crippen molar-refractivity contribution in [2.75, 3.05) is 32.8 Å². The Morgan fingerprint density at radius 1 is 1.39 bits per heavy atom. The van der Waals surface area contributed by atoms with Crippen molar-refractivity contribution in [1.29, 1.82) is 0 Å². The lowest BCUT2D eigenvalue weighted by atomic mass is 9.70. The third-order valence-corrected chi connectivity index (χ3v) is 4.37. The Morgan fingerprint density at radius 2 is 2.00 bits per heavy atom. The van der Waals surface area contributed by atoms with Gasteiger partial charge in [0.1, 0.15) is 0 Å². The van der Waals surface area contributed by atoms with Crippen LogP contribution in [0.2, 0.25) is 0 Å². The summed E-state index contributed by atoms with van der Waals surface area (Å²) < 4.78 is 5.27. The lowest BCUT2D eigenvalue weighted by molar-refractivity contribution is -0.140. The molecule has 1 heterocycles. The van der Waals surface area contributed by atoms with E-state index in [-0.39, 0.29) is 11.3 Å². The van der Waals surface area contributed by atoms with Gasteiger partial charge in [-0.3, -0.25) is 10.2 Å². The van der Waals surface area contributed by atoms with Gasteiger partial charge in [0.2, 0.25) is 5.91 Å². The zero-order chi connectivity index (χ0) is 13.0. The van der Waals surface area contributed by atoms with Crippen LogP contribution in [0.25, 0.3) is 0 Å². The number of carbonyl (C=O) groups excluding carboxylic acids is 1. The van der Waals surface area contributed by atoms with Crippen molar-refractivity contribution in [3.05, 3.63) is 0 Å². The quantitative estimate of drug-likeness (QED) is 0.771. The van der Waals surface area contributed by atoms with Gasteiger partial charge in [0, 0.05) is 19.6 Å². The third kappa shape index (κ3) is 3.02. The van der Waals surface area contributed by atoms with E-state index in [9.17, 15) is 4.79 Å². The molecule has 104 valence electrons. The fourth-order valence-electron chi connectivity index (χ4n) is 2.78. The first-order valence-corrected chi connectivity index (χ1v) is 7.00. The van der Waals surface area contributed by atoms with Gasteiger partial charge in [0.15, 0.2) is 0 Å². The van der Waals surface area contributed by atoms with Crippen LogP contribution in [0, 0.1) is 11.3 Å². The molecule has 0 aromatic heterocycles. The predicted molar refractivity (Wildman–Crippen MR) is 69.7 cm³/mol. The summed E-state index contributed by atoms with van der Waals surface area (Å²) in [5.41, 5.74) is 8.57. The molecule has 2 fully saturated rings. The summed E-state index contributed by atoms with van der Waals surface area (Å²) in [7, 11) is 0. The van der Waals surface area contributed by atoms with Crippen LogP contribution < -0.4 is 11.2 Å². The molecule has 0 radical (unpaired) electrons. The second kappa shape index (κ2) is 5.99. The third-order valence-electron chi connectivity index (χ3n) is 4.37. The Balaban J connectivity index is 1.92. The van der Waals surface area contributed by atoms with E-state index in [4.69, 9.17) is 10.5 Å². The van der Waals surface area contributed by atoms with Gasteiger partial charge in [-0.2, -0.15) is 0 Å². The highest BCUT2D eigenvalue weighted by molar-refractivity contribution is 5.82. The number of ether oxygens (including phenoxy) is 1. The van der Waals surface area contributed by atoms with Crippen LogP contribution >= 0.6 is 0 Å². The number of amides is 1. The molecule has 0 aromatic rings. The summed E-state index contributed by atoms with van der Waals surface area (Å²) >= 11 is 0. The van der Waals surface area contributed by atoms with Crippen molar-refractivity contribution in [3.63, 3.8) is 0 Å². The van der Waals surface area contributed by atoms with Crippen LogP contribution in [-0.4, -0.2) is 43.8 Å². The maximum atomic E-state index is 12.5. The molecule has 0 aromatic carbocycles. The van der Waals surface area contributed by atoms with Crippen molar-refractivity contribution >= 4 is 5.91 Å². The summed E-state index contributed by atoms with van der Waals surface area (Å²) in [6.45, 7) is 5.61. The van der Waals surface area contributed by atoms with E-state index in [0.29, 0.717) is 19.8 Å². The summed E-state index contributed by atoms with van der Waals surface area (Å²) in [4.78, 5) is 12.5. The first-order valence-electron chi connectivity index (χ1n) is 7.00. The lowest BCUT2D eigenvalue weighted by Crippen LogP contribution is -2.55. The van der Waals surface area contributed by atoms with Gasteiger partial charge in [0.05, 0.1) is 18.6 Å². The zero-order valence-electron chi connectivity index (χ0n) is 11.3. The molecule has 1 amide bonds. The van der Waals surface area contributed by atoms with Crippen molar-refractivity contribution in [2.45, 2.75) is 32.6 Å². The molecule has 2 rings (SSSR count). The van der Waals surface area contributed by atoms with E-state index >= 15 is 0 Å². The van der Waals surface area contributed by atoms with E-state index in [2.05, 4.69) is 12.3 Å². The molecule has 1 saturated heterocycles. The number of morpholine rings is 1. The number of nitrogens with zero attached hydrogens (tertiary/aromatic N) is 1. The lowest BCUT2D eigenvalue weighted by Gasteiger charge is -2.39. The SMILES string of the molecule is CC1CCC(CN)(C(=O)NN2CCOCC2)CC1. The molecular weight excluding hydrogens is 230 g/mol. The fraction of sp³-hybridized carbons (Fsp3) is 0.923. The fourth-order valence-corrected chi connectivity index (χ4v) is 2.78. The molecule has 1 aliphatic carbocycles. The zero-order valence-corrected chi connectivity index (χ0v) is 11.3. The Bertz CT molecular complexity index is 282. The van der Waals surface area contributed by atoms with Crippen LogP contribution in [0.5, 0.6) is 0 Å². The highest BCUT2D eigenvalue weighted by Gasteiger charge is 2.40. The highest BCUT2D eigenvalue weighted by Crippen LogP contribution is 2.38. The van der Waals surface area contributed by atoms with Crippen molar-refractivity contribution < 1.29 is 9.53 Å². The molecule has 5 nitrogen and oxygen atoms in total. The molecule has 0 bridgehead atoms. The first-order chi connectivity index (χ1) is 8.66. The number of carbonyl (C=O) groups is 1. The first kappa shape index (κ1) is 13.8. The number of nitrogens with one attached hydrogen (secondary N) is 1. The second-order valence-electron chi connectivity index (χ2n) is 5.71. The average Bonchev–Trinajstić information content (AvgIpc) is 2.41. The van der Waals surface area contributed by atoms with Crippen molar-refractivity contribution in [2.24, 2.45) is 17.1 Å². The van der Waals surface area contributed by atoms with Crippen LogP contribution in [-0.2, 0) is 9.53 Å². The van der Waals surface area contributed by atoms with Crippen LogP contribution in [0.3, 0.4) is 0 Å². The van der Waals surface area contributed by atoms with Crippen LogP contribution in [0.15, 0.2) is 0 Å². The van der Waals surface area contributed by atoms with Gasteiger partial charge in [-0.1, -0.05) is 6.92 Å². The molecule has 2 aliphatic rings. The largest absolute Gasteiger partial charge is 0.379 e. The maximum Gasteiger partial charge on any atom is 0.241 e. The topological polar surface area (TPSA) is 67.6 Å². The van der Waals surface area contributed by atoms with Gasteiger partial charge in [0.25, 0.3) is 0 Å². The van der Waals surface area contributed by atoms with E-state index < -0.39 is 0 Å². The summed E-state index contributed by atoms with van der Waals surface area (Å²) in [5, 5.41) is 1.96. The van der Waals surface area contributed by atoms with Crippen molar-refractivity contribution in [3.8, 4) is 0 Å². The minimum atomic E-state index is -0.342. The number of hydrogen-bond donors (Lipinski definition) is 2. The minimum absolute atomic E-state index is 0.110. The molecule has 0 atom stereocenters. The molecule has 1 saturated carbocycles. The van der Waals surface area contributed by atoms with Gasteiger partial charge in [-0.05, 0) is 31.6 Å². The number of hydrazine groups is 1. The van der Waals surface area contributed by atoms with E-state index in [1.165, 1.54) is 0 Å². The molecule has 18 heavy (non-hydrogen) atoms. The average molecular weight is 255 g/mol. The summed E-state index contributed by atoms with van der Waals surface area (Å²) in [6, 6.07) is 0. The molecule has 0 unspecified atom stereocenters. The van der Waals surface area contributed by atoms with Gasteiger partial charge < -0.3 is 10.5 Å². The van der Waals surface area contributed by atoms with E-state index in [1.807, 2.05) is 5.01 Å². The normalized spacial score (nSPS) is 34.2. The maximum absolute atomic E-state index is 12.5. The number of nitrogens with two attached hydrogens (primary N) is 1. The number of hydrogen-bond acceptors (Lipinski definition) is 4. The predicted octanol–water partition coefficient (Wildman–Crippen LogP) is 0.505.